The van der Waals surface area contributed by atoms with Crippen LogP contribution in [-0.2, 0) is 0 Å². The maximum Gasteiger partial charge on any atom is 0.255 e. The van der Waals surface area contributed by atoms with E-state index in [-0.39, 0.29) is 11.8 Å². The van der Waals surface area contributed by atoms with Crippen molar-refractivity contribution >= 4 is 23.4 Å². The highest BCUT2D eigenvalue weighted by atomic mass is 35.5. The molecule has 0 N–H and O–H groups in total. The third-order valence-corrected chi connectivity index (χ3v) is 5.73. The van der Waals surface area contributed by atoms with E-state index in [2.05, 4.69) is 10.1 Å². The van der Waals surface area contributed by atoms with E-state index in [0.29, 0.717) is 54.6 Å². The normalized spacial score (nSPS) is 14.4. The summed E-state index contributed by atoms with van der Waals surface area (Å²) in [7, 11) is 0. The number of hydrogen-bond donors (Lipinski definition) is 0. The Morgan fingerprint density at radius 3 is 2.26 bits per heavy atom. The molecule has 1 saturated heterocycles. The first-order chi connectivity index (χ1) is 14.9. The van der Waals surface area contributed by atoms with E-state index in [1.807, 2.05) is 19.9 Å². The van der Waals surface area contributed by atoms with Gasteiger partial charge in [0.05, 0.1) is 21.8 Å². The fourth-order valence-electron chi connectivity index (χ4n) is 3.81. The van der Waals surface area contributed by atoms with E-state index in [9.17, 15) is 9.59 Å². The largest absolute Gasteiger partial charge is 0.337 e. The summed E-state index contributed by atoms with van der Waals surface area (Å²) in [6.45, 7) is 6.00. The Bertz CT molecular complexity index is 1110. The highest BCUT2D eigenvalue weighted by Gasteiger charge is 2.24. The Morgan fingerprint density at radius 1 is 0.935 bits per heavy atom. The first-order valence-electron chi connectivity index (χ1n) is 10.3. The first-order valence-corrected chi connectivity index (χ1v) is 10.6. The van der Waals surface area contributed by atoms with Crippen molar-refractivity contribution in [1.29, 1.82) is 0 Å². The summed E-state index contributed by atoms with van der Waals surface area (Å²) in [5.41, 5.74) is 2.92. The topological polar surface area (TPSA) is 71.3 Å². The van der Waals surface area contributed by atoms with Crippen LogP contribution in [0.2, 0.25) is 5.02 Å². The minimum atomic E-state index is -0.101. The number of rotatable bonds is 3. The van der Waals surface area contributed by atoms with Crippen LogP contribution in [0.5, 0.6) is 0 Å². The van der Waals surface area contributed by atoms with Gasteiger partial charge in [-0.2, -0.15) is 5.10 Å². The summed E-state index contributed by atoms with van der Waals surface area (Å²) in [5.74, 6) is 0.491. The molecule has 4 rings (SSSR count). The molecule has 8 heteroatoms. The Morgan fingerprint density at radius 2 is 1.65 bits per heavy atom. The number of aromatic nitrogens is 3. The number of nitrogens with zero attached hydrogens (tertiary/aromatic N) is 5. The number of amides is 2. The first kappa shape index (κ1) is 21.1. The zero-order valence-corrected chi connectivity index (χ0v) is 18.3. The van der Waals surface area contributed by atoms with Crippen molar-refractivity contribution in [2.45, 2.75) is 20.3 Å². The monoisotopic (exact) mass is 437 g/mol. The molecule has 0 bridgehead atoms. The van der Waals surface area contributed by atoms with Gasteiger partial charge in [0.1, 0.15) is 0 Å². The highest BCUT2D eigenvalue weighted by Crippen LogP contribution is 2.19. The van der Waals surface area contributed by atoms with Crippen molar-refractivity contribution in [2.24, 2.45) is 0 Å². The van der Waals surface area contributed by atoms with Gasteiger partial charge in [-0.15, -0.1) is 0 Å². The van der Waals surface area contributed by atoms with Gasteiger partial charge in [0.15, 0.2) is 5.82 Å². The van der Waals surface area contributed by atoms with Crippen molar-refractivity contribution < 1.29 is 9.59 Å². The number of aryl methyl sites for hydroxylation is 2. The predicted octanol–water partition coefficient (Wildman–Crippen LogP) is 3.53. The van der Waals surface area contributed by atoms with Crippen LogP contribution >= 0.6 is 11.6 Å². The van der Waals surface area contributed by atoms with E-state index in [1.54, 1.807) is 57.1 Å². The molecule has 160 valence electrons. The van der Waals surface area contributed by atoms with Crippen LogP contribution in [0.25, 0.3) is 5.82 Å². The van der Waals surface area contributed by atoms with Crippen molar-refractivity contribution in [2.75, 3.05) is 26.2 Å². The molecule has 0 atom stereocenters. The minimum Gasteiger partial charge on any atom is -0.337 e. The molecule has 1 fully saturated rings. The van der Waals surface area contributed by atoms with Crippen LogP contribution in [0.4, 0.5) is 0 Å². The second-order valence-corrected chi connectivity index (χ2v) is 8.07. The lowest BCUT2D eigenvalue weighted by Crippen LogP contribution is -2.37. The SMILES string of the molecule is Cc1cc(C)n(-c2ccc(C(=O)N3CCCN(C(=O)c4ccccc4Cl)CC3)cn2)n1. The molecule has 1 aliphatic rings. The lowest BCUT2D eigenvalue weighted by Gasteiger charge is -2.22. The molecule has 7 nitrogen and oxygen atoms in total. The second-order valence-electron chi connectivity index (χ2n) is 7.66. The third kappa shape index (κ3) is 4.46. The van der Waals surface area contributed by atoms with Crippen LogP contribution in [0.1, 0.15) is 38.5 Å². The Kier molecular flexibility index (Phi) is 6.04. The molecule has 1 aliphatic heterocycles. The van der Waals surface area contributed by atoms with Crippen molar-refractivity contribution in [3.05, 3.63) is 76.2 Å². The second kappa shape index (κ2) is 8.89. The third-order valence-electron chi connectivity index (χ3n) is 5.40. The Hall–Kier alpha value is -3.19. The predicted molar refractivity (Wildman–Crippen MR) is 119 cm³/mol. The summed E-state index contributed by atoms with van der Waals surface area (Å²) in [5, 5.41) is 4.87. The number of benzene rings is 1. The number of halogens is 1. The molecule has 1 aromatic carbocycles. The van der Waals surface area contributed by atoms with Crippen LogP contribution in [0.15, 0.2) is 48.7 Å². The van der Waals surface area contributed by atoms with E-state index >= 15 is 0 Å². The standard InChI is InChI=1S/C23H24ClN5O2/c1-16-14-17(2)29(26-16)21-9-8-18(15-25-21)22(30)27-10-5-11-28(13-12-27)23(31)19-6-3-4-7-20(19)24/h3-4,6-9,14-15H,5,10-13H2,1-2H3. The zero-order valence-electron chi connectivity index (χ0n) is 17.6. The Balaban J connectivity index is 1.43. The molecule has 0 aliphatic carbocycles. The van der Waals surface area contributed by atoms with Gasteiger partial charge in [-0.25, -0.2) is 9.67 Å². The fourth-order valence-corrected chi connectivity index (χ4v) is 4.03. The molecule has 3 heterocycles. The van der Waals surface area contributed by atoms with E-state index < -0.39 is 0 Å². The summed E-state index contributed by atoms with van der Waals surface area (Å²) in [6.07, 6.45) is 2.30. The van der Waals surface area contributed by atoms with Gasteiger partial charge in [0.25, 0.3) is 11.8 Å². The molecule has 0 spiro atoms. The van der Waals surface area contributed by atoms with Crippen LogP contribution < -0.4 is 0 Å². The van der Waals surface area contributed by atoms with Gasteiger partial charge in [0, 0.05) is 38.1 Å². The van der Waals surface area contributed by atoms with Gasteiger partial charge in [-0.3, -0.25) is 9.59 Å². The van der Waals surface area contributed by atoms with E-state index in [0.717, 1.165) is 11.4 Å². The Labute approximate surface area is 186 Å². The maximum absolute atomic E-state index is 13.0. The van der Waals surface area contributed by atoms with Gasteiger partial charge in [-0.1, -0.05) is 23.7 Å². The van der Waals surface area contributed by atoms with Crippen molar-refractivity contribution in [3.8, 4) is 5.82 Å². The van der Waals surface area contributed by atoms with Crippen LogP contribution in [0, 0.1) is 13.8 Å². The molecule has 0 unspecified atom stereocenters. The molecular weight excluding hydrogens is 414 g/mol. The van der Waals surface area contributed by atoms with Crippen LogP contribution in [0.3, 0.4) is 0 Å². The molecule has 2 aromatic heterocycles. The number of hydrogen-bond acceptors (Lipinski definition) is 4. The fraction of sp³-hybridized carbons (Fsp3) is 0.304. The average Bonchev–Trinajstić information content (AvgIpc) is 2.96. The van der Waals surface area contributed by atoms with Crippen molar-refractivity contribution in [1.82, 2.24) is 24.6 Å². The molecule has 0 radical (unpaired) electrons. The van der Waals surface area contributed by atoms with Gasteiger partial charge >= 0.3 is 0 Å². The highest BCUT2D eigenvalue weighted by molar-refractivity contribution is 6.33. The maximum atomic E-state index is 13.0. The van der Waals surface area contributed by atoms with Crippen molar-refractivity contribution in [3.63, 3.8) is 0 Å². The number of carbonyl (C=O) groups is 2. The number of pyridine rings is 1. The average molecular weight is 438 g/mol. The lowest BCUT2D eigenvalue weighted by atomic mass is 10.2. The lowest BCUT2D eigenvalue weighted by molar-refractivity contribution is 0.0718. The zero-order chi connectivity index (χ0) is 22.0. The van der Waals surface area contributed by atoms with Gasteiger partial charge in [-0.05, 0) is 50.6 Å². The summed E-state index contributed by atoms with van der Waals surface area (Å²) in [6, 6.07) is 12.6. The minimum absolute atomic E-state index is 0.0838. The summed E-state index contributed by atoms with van der Waals surface area (Å²) in [4.78, 5) is 33.8. The van der Waals surface area contributed by atoms with Gasteiger partial charge < -0.3 is 9.80 Å². The summed E-state index contributed by atoms with van der Waals surface area (Å²) >= 11 is 6.18. The number of carbonyl (C=O) groups excluding carboxylic acids is 2. The smallest absolute Gasteiger partial charge is 0.255 e. The van der Waals surface area contributed by atoms with E-state index in [4.69, 9.17) is 11.6 Å². The van der Waals surface area contributed by atoms with Crippen LogP contribution in [-0.4, -0.2) is 62.6 Å². The molecular formula is C23H24ClN5O2. The van der Waals surface area contributed by atoms with E-state index in [1.165, 1.54) is 0 Å². The molecule has 3 aromatic rings. The van der Waals surface area contributed by atoms with Gasteiger partial charge in [0.2, 0.25) is 0 Å². The quantitative estimate of drug-likeness (QED) is 0.628. The molecule has 31 heavy (non-hydrogen) atoms. The summed E-state index contributed by atoms with van der Waals surface area (Å²) < 4.78 is 1.76. The molecule has 2 amide bonds. The molecule has 0 saturated carbocycles.